The second-order valence-corrected chi connectivity index (χ2v) is 9.11. The minimum Gasteiger partial charge on any atom is -0.364 e. The number of hydrogen-bond acceptors (Lipinski definition) is 5. The normalized spacial score (nSPS) is 20.1. The van der Waals surface area contributed by atoms with Gasteiger partial charge in [-0.1, -0.05) is 25.9 Å². The van der Waals surface area contributed by atoms with Gasteiger partial charge in [0.2, 0.25) is 0 Å². The number of aromatic nitrogens is 4. The Morgan fingerprint density at radius 3 is 2.73 bits per heavy atom. The Labute approximate surface area is 173 Å². The molecule has 1 aliphatic heterocycles. The molecule has 0 radical (unpaired) electrons. The van der Waals surface area contributed by atoms with E-state index in [9.17, 15) is 14.0 Å². The van der Waals surface area contributed by atoms with Crippen molar-refractivity contribution in [2.75, 3.05) is 13.1 Å². The fourth-order valence-corrected chi connectivity index (χ4v) is 3.99. The summed E-state index contributed by atoms with van der Waals surface area (Å²) in [6.45, 7) is 7.26. The molecule has 3 aromatic heterocycles. The van der Waals surface area contributed by atoms with Gasteiger partial charge < -0.3 is 9.42 Å². The Bertz CT molecular complexity index is 1130. The number of likely N-dealkylation sites (tertiary alicyclic amines) is 1. The summed E-state index contributed by atoms with van der Waals surface area (Å²) in [5.41, 5.74) is 1.77. The van der Waals surface area contributed by atoms with Crippen LogP contribution in [0.5, 0.6) is 0 Å². The van der Waals surface area contributed by atoms with Crippen molar-refractivity contribution in [2.24, 2.45) is 12.5 Å². The Morgan fingerprint density at radius 2 is 2.07 bits per heavy atom. The number of nitrogens with zero attached hydrogens (tertiary/aromatic N) is 5. The molecule has 4 rings (SSSR count). The van der Waals surface area contributed by atoms with Gasteiger partial charge in [0, 0.05) is 32.7 Å². The van der Waals surface area contributed by atoms with Crippen molar-refractivity contribution in [1.82, 2.24) is 24.2 Å². The Kier molecular flexibility index (Phi) is 4.99. The number of imidazole rings is 1. The van der Waals surface area contributed by atoms with Crippen molar-refractivity contribution < 1.29 is 13.7 Å². The Morgan fingerprint density at radius 1 is 1.30 bits per heavy atom. The largest absolute Gasteiger partial charge is 0.364 e. The first kappa shape index (κ1) is 20.3. The molecule has 0 aliphatic carbocycles. The van der Waals surface area contributed by atoms with Crippen LogP contribution in [-0.4, -0.2) is 49.3 Å². The standard InChI is InChI=1S/C21H26FN5O3/c1-21(2,3)12-27-17-6-5-15(23-18(17)25(4)20(27)29)13-11-26(9-7-14(13)22)19(28)16-8-10-30-24-16/h5-6,8,10,13-14H,7,9,11-12H2,1-4H3. The maximum Gasteiger partial charge on any atom is 0.330 e. The summed E-state index contributed by atoms with van der Waals surface area (Å²) in [7, 11) is 1.68. The van der Waals surface area contributed by atoms with Crippen LogP contribution in [0.25, 0.3) is 11.2 Å². The number of pyridine rings is 1. The maximum absolute atomic E-state index is 14.8. The molecule has 2 atom stereocenters. The molecule has 2 unspecified atom stereocenters. The number of alkyl halides is 1. The second kappa shape index (κ2) is 7.37. The first-order valence-corrected chi connectivity index (χ1v) is 10.1. The predicted octanol–water partition coefficient (Wildman–Crippen LogP) is 2.74. The predicted molar refractivity (Wildman–Crippen MR) is 109 cm³/mol. The first-order chi connectivity index (χ1) is 14.2. The molecule has 30 heavy (non-hydrogen) atoms. The lowest BCUT2D eigenvalue weighted by molar-refractivity contribution is 0.0612. The number of hydrogen-bond donors (Lipinski definition) is 0. The number of rotatable bonds is 3. The van der Waals surface area contributed by atoms with E-state index in [0.717, 1.165) is 5.52 Å². The van der Waals surface area contributed by atoms with Gasteiger partial charge in [-0.15, -0.1) is 0 Å². The maximum atomic E-state index is 14.8. The lowest BCUT2D eigenvalue weighted by Gasteiger charge is -2.34. The van der Waals surface area contributed by atoms with Gasteiger partial charge in [-0.2, -0.15) is 0 Å². The summed E-state index contributed by atoms with van der Waals surface area (Å²) >= 11 is 0. The summed E-state index contributed by atoms with van der Waals surface area (Å²) in [4.78, 5) is 31.6. The van der Waals surface area contributed by atoms with E-state index >= 15 is 0 Å². The molecule has 8 nitrogen and oxygen atoms in total. The smallest absolute Gasteiger partial charge is 0.330 e. The number of fused-ring (bicyclic) bond motifs is 1. The molecular formula is C21H26FN5O3. The zero-order valence-corrected chi connectivity index (χ0v) is 17.6. The monoisotopic (exact) mass is 415 g/mol. The van der Waals surface area contributed by atoms with Crippen LogP contribution < -0.4 is 5.69 Å². The van der Waals surface area contributed by atoms with Crippen LogP contribution in [0.2, 0.25) is 0 Å². The van der Waals surface area contributed by atoms with Crippen molar-refractivity contribution in [1.29, 1.82) is 0 Å². The van der Waals surface area contributed by atoms with Crippen LogP contribution >= 0.6 is 0 Å². The van der Waals surface area contributed by atoms with Gasteiger partial charge in [0.25, 0.3) is 5.91 Å². The van der Waals surface area contributed by atoms with Crippen LogP contribution in [0.15, 0.2) is 33.8 Å². The average molecular weight is 415 g/mol. The highest BCUT2D eigenvalue weighted by atomic mass is 19.1. The van der Waals surface area contributed by atoms with Gasteiger partial charge in [0.15, 0.2) is 11.3 Å². The van der Waals surface area contributed by atoms with Gasteiger partial charge in [0.05, 0.1) is 17.1 Å². The highest BCUT2D eigenvalue weighted by Gasteiger charge is 2.35. The van der Waals surface area contributed by atoms with Crippen LogP contribution in [0.1, 0.15) is 49.3 Å². The van der Waals surface area contributed by atoms with E-state index < -0.39 is 12.1 Å². The highest BCUT2D eigenvalue weighted by molar-refractivity contribution is 5.92. The molecule has 0 spiro atoms. The third-order valence-electron chi connectivity index (χ3n) is 5.49. The molecule has 9 heteroatoms. The molecular weight excluding hydrogens is 389 g/mol. The number of piperidine rings is 1. The molecule has 4 heterocycles. The van der Waals surface area contributed by atoms with E-state index in [1.165, 1.54) is 16.9 Å². The van der Waals surface area contributed by atoms with Crippen molar-refractivity contribution in [3.05, 3.63) is 46.3 Å². The number of carbonyl (C=O) groups excluding carboxylic acids is 1. The van der Waals surface area contributed by atoms with Crippen molar-refractivity contribution in [3.8, 4) is 0 Å². The SMILES string of the molecule is Cn1c(=O)n(CC(C)(C)C)c2ccc(C3CN(C(=O)c4ccon4)CCC3F)nc21. The molecule has 0 bridgehead atoms. The lowest BCUT2D eigenvalue weighted by atomic mass is 9.92. The van der Waals surface area contributed by atoms with Crippen LogP contribution in [0.3, 0.4) is 0 Å². The minimum absolute atomic E-state index is 0.0772. The van der Waals surface area contributed by atoms with Gasteiger partial charge in [-0.25, -0.2) is 14.2 Å². The van der Waals surface area contributed by atoms with Crippen LogP contribution in [0, 0.1) is 5.41 Å². The van der Waals surface area contributed by atoms with E-state index in [2.05, 4.69) is 30.9 Å². The zero-order chi connectivity index (χ0) is 21.6. The van der Waals surface area contributed by atoms with Gasteiger partial charge in [-0.05, 0) is 24.0 Å². The molecule has 160 valence electrons. The minimum atomic E-state index is -1.12. The van der Waals surface area contributed by atoms with E-state index in [0.29, 0.717) is 24.4 Å². The Balaban J connectivity index is 1.67. The number of halogens is 1. The fraction of sp³-hybridized carbons (Fsp3) is 0.524. The molecule has 0 saturated carbocycles. The lowest BCUT2D eigenvalue weighted by Crippen LogP contribution is -2.44. The van der Waals surface area contributed by atoms with Crippen LogP contribution in [-0.2, 0) is 13.6 Å². The molecule has 1 aliphatic rings. The third-order valence-corrected chi connectivity index (χ3v) is 5.49. The van der Waals surface area contributed by atoms with E-state index in [1.54, 1.807) is 22.6 Å². The summed E-state index contributed by atoms with van der Waals surface area (Å²) in [6.07, 6.45) is 0.438. The number of aryl methyl sites for hydroxylation is 1. The summed E-state index contributed by atoms with van der Waals surface area (Å²) in [6, 6.07) is 5.09. The summed E-state index contributed by atoms with van der Waals surface area (Å²) in [5.74, 6) is -0.856. The topological polar surface area (TPSA) is 86.2 Å². The fourth-order valence-electron chi connectivity index (χ4n) is 3.99. The number of carbonyl (C=O) groups is 1. The quantitative estimate of drug-likeness (QED) is 0.657. The molecule has 1 amide bonds. The van der Waals surface area contributed by atoms with E-state index in [1.807, 2.05) is 6.07 Å². The van der Waals surface area contributed by atoms with Crippen molar-refractivity contribution in [2.45, 2.75) is 45.8 Å². The third kappa shape index (κ3) is 3.64. The van der Waals surface area contributed by atoms with Gasteiger partial charge >= 0.3 is 5.69 Å². The van der Waals surface area contributed by atoms with Gasteiger partial charge in [-0.3, -0.25) is 13.9 Å². The average Bonchev–Trinajstić information content (AvgIpc) is 3.31. The molecule has 0 aromatic carbocycles. The van der Waals surface area contributed by atoms with Crippen molar-refractivity contribution >= 4 is 17.1 Å². The first-order valence-electron chi connectivity index (χ1n) is 10.1. The molecule has 1 saturated heterocycles. The molecule has 1 fully saturated rings. The van der Waals surface area contributed by atoms with Crippen molar-refractivity contribution in [3.63, 3.8) is 0 Å². The summed E-state index contributed by atoms with van der Waals surface area (Å²) in [5, 5.41) is 3.69. The molecule has 3 aromatic rings. The number of amides is 1. The second-order valence-electron chi connectivity index (χ2n) is 9.11. The van der Waals surface area contributed by atoms with Crippen LogP contribution in [0.4, 0.5) is 4.39 Å². The summed E-state index contributed by atoms with van der Waals surface area (Å²) < 4.78 is 22.8. The highest BCUT2D eigenvalue weighted by Crippen LogP contribution is 2.30. The van der Waals surface area contributed by atoms with E-state index in [-0.39, 0.29) is 35.7 Å². The van der Waals surface area contributed by atoms with Gasteiger partial charge in [0.1, 0.15) is 12.4 Å². The Hall–Kier alpha value is -2.97. The van der Waals surface area contributed by atoms with E-state index in [4.69, 9.17) is 4.52 Å². The molecule has 0 N–H and O–H groups in total. The zero-order valence-electron chi connectivity index (χ0n) is 17.6.